The largest absolute Gasteiger partial charge is 0.360 e. The molecule has 1 fully saturated rings. The molecule has 21 heavy (non-hydrogen) atoms. The monoisotopic (exact) mass is 327 g/mol. The van der Waals surface area contributed by atoms with Crippen molar-refractivity contribution < 1.29 is 13.3 Å². The predicted octanol–water partition coefficient (Wildman–Crippen LogP) is 5.22. The Morgan fingerprint density at radius 1 is 1.38 bits per heavy atom. The Bertz CT molecular complexity index is 710. The van der Waals surface area contributed by atoms with Crippen molar-refractivity contribution in [2.24, 2.45) is 0 Å². The summed E-state index contributed by atoms with van der Waals surface area (Å²) in [5, 5.41) is 3.86. The summed E-state index contributed by atoms with van der Waals surface area (Å²) < 4.78 is 31.5. The number of hydrogen-bond donors (Lipinski definition) is 0. The molecule has 3 rings (SSSR count). The molecular weight excluding hydrogens is 316 g/mol. The van der Waals surface area contributed by atoms with Gasteiger partial charge in [-0.05, 0) is 37.0 Å². The third-order valence-electron chi connectivity index (χ3n) is 3.72. The van der Waals surface area contributed by atoms with Crippen molar-refractivity contribution >= 4 is 28.7 Å². The van der Waals surface area contributed by atoms with Crippen LogP contribution < -0.4 is 0 Å². The van der Waals surface area contributed by atoms with Crippen molar-refractivity contribution in [1.29, 1.82) is 0 Å². The van der Waals surface area contributed by atoms with Gasteiger partial charge in [0.25, 0.3) is 6.43 Å². The van der Waals surface area contributed by atoms with Gasteiger partial charge in [0.1, 0.15) is 5.76 Å². The lowest BCUT2D eigenvalue weighted by Crippen LogP contribution is -2.06. The van der Waals surface area contributed by atoms with Gasteiger partial charge in [-0.1, -0.05) is 35.0 Å². The fourth-order valence-corrected chi connectivity index (χ4v) is 3.08. The van der Waals surface area contributed by atoms with E-state index < -0.39 is 6.43 Å². The fraction of sp³-hybridized carbons (Fsp3) is 0.333. The van der Waals surface area contributed by atoms with E-state index in [-0.39, 0.29) is 10.6 Å². The maximum absolute atomic E-state index is 13.1. The summed E-state index contributed by atoms with van der Waals surface area (Å²) >= 11 is 11.3. The standard InChI is InChI=1S/C15H12ClF2NOS/c1-7-9(4-5-11(16)12(7)15(17)18)14(21)10-6-19-20-13(10)8-2-3-8/h4-6,8,15H,2-3H2,1H3. The van der Waals surface area contributed by atoms with Gasteiger partial charge in [-0.2, -0.15) is 0 Å². The summed E-state index contributed by atoms with van der Waals surface area (Å²) in [6.45, 7) is 1.61. The Balaban J connectivity index is 2.06. The van der Waals surface area contributed by atoms with Crippen molar-refractivity contribution in [3.05, 3.63) is 51.4 Å². The number of halogens is 3. The first-order valence-electron chi connectivity index (χ1n) is 6.57. The van der Waals surface area contributed by atoms with Gasteiger partial charge < -0.3 is 4.52 Å². The Labute approximate surface area is 131 Å². The van der Waals surface area contributed by atoms with Crippen LogP contribution in [-0.2, 0) is 0 Å². The highest BCUT2D eigenvalue weighted by atomic mass is 35.5. The summed E-state index contributed by atoms with van der Waals surface area (Å²) in [7, 11) is 0. The molecule has 0 spiro atoms. The topological polar surface area (TPSA) is 26.0 Å². The lowest BCUT2D eigenvalue weighted by atomic mass is 9.96. The van der Waals surface area contributed by atoms with E-state index >= 15 is 0 Å². The van der Waals surface area contributed by atoms with E-state index in [0.29, 0.717) is 21.9 Å². The average molecular weight is 328 g/mol. The van der Waals surface area contributed by atoms with Crippen molar-refractivity contribution in [3.8, 4) is 0 Å². The zero-order chi connectivity index (χ0) is 15.1. The minimum atomic E-state index is -2.63. The molecular formula is C15H12ClF2NOS. The third kappa shape index (κ3) is 2.60. The first-order chi connectivity index (χ1) is 10.0. The number of thiocarbonyl (C=S) groups is 1. The SMILES string of the molecule is Cc1c(C(=S)c2cnoc2C2CC2)ccc(Cl)c1C(F)F. The molecule has 0 saturated heterocycles. The number of rotatable bonds is 4. The Hall–Kier alpha value is -1.33. The van der Waals surface area contributed by atoms with Crippen LogP contribution in [0.5, 0.6) is 0 Å². The Morgan fingerprint density at radius 2 is 2.10 bits per heavy atom. The van der Waals surface area contributed by atoms with Crippen LogP contribution in [-0.4, -0.2) is 10.0 Å². The van der Waals surface area contributed by atoms with Gasteiger partial charge in [-0.15, -0.1) is 0 Å². The molecule has 2 nitrogen and oxygen atoms in total. The normalized spacial score (nSPS) is 14.7. The highest BCUT2D eigenvalue weighted by Gasteiger charge is 2.32. The molecule has 0 bridgehead atoms. The zero-order valence-corrected chi connectivity index (χ0v) is 12.8. The van der Waals surface area contributed by atoms with Gasteiger partial charge in [0.15, 0.2) is 0 Å². The van der Waals surface area contributed by atoms with Gasteiger partial charge in [0.2, 0.25) is 0 Å². The molecule has 2 aromatic rings. The number of alkyl halides is 2. The second kappa shape index (κ2) is 5.46. The highest BCUT2D eigenvalue weighted by Crippen LogP contribution is 2.42. The molecule has 1 saturated carbocycles. The Morgan fingerprint density at radius 3 is 2.71 bits per heavy atom. The van der Waals surface area contributed by atoms with E-state index in [4.69, 9.17) is 28.3 Å². The van der Waals surface area contributed by atoms with Crippen LogP contribution in [0.25, 0.3) is 0 Å². The number of aromatic nitrogens is 1. The van der Waals surface area contributed by atoms with Gasteiger partial charge in [0, 0.05) is 16.5 Å². The summed E-state index contributed by atoms with van der Waals surface area (Å²) in [4.78, 5) is 0.481. The van der Waals surface area contributed by atoms with E-state index in [9.17, 15) is 8.78 Å². The second-order valence-electron chi connectivity index (χ2n) is 5.14. The van der Waals surface area contributed by atoms with E-state index in [1.165, 1.54) is 6.07 Å². The van der Waals surface area contributed by atoms with Crippen molar-refractivity contribution in [2.45, 2.75) is 32.1 Å². The number of nitrogens with zero attached hydrogens (tertiary/aromatic N) is 1. The van der Waals surface area contributed by atoms with E-state index in [0.717, 1.165) is 24.2 Å². The van der Waals surface area contributed by atoms with Crippen LogP contribution in [0.4, 0.5) is 8.78 Å². The quantitative estimate of drug-likeness (QED) is 0.569. The smallest absolute Gasteiger partial charge is 0.265 e. The molecule has 0 aliphatic heterocycles. The Kier molecular flexibility index (Phi) is 3.80. The van der Waals surface area contributed by atoms with Gasteiger partial charge in [-0.25, -0.2) is 8.78 Å². The van der Waals surface area contributed by atoms with Gasteiger partial charge in [-0.3, -0.25) is 0 Å². The van der Waals surface area contributed by atoms with Crippen molar-refractivity contribution in [2.75, 3.05) is 0 Å². The van der Waals surface area contributed by atoms with Crippen molar-refractivity contribution in [1.82, 2.24) is 5.16 Å². The van der Waals surface area contributed by atoms with E-state index in [2.05, 4.69) is 5.16 Å². The van der Waals surface area contributed by atoms with Crippen LogP contribution >= 0.6 is 23.8 Å². The number of hydrogen-bond acceptors (Lipinski definition) is 3. The summed E-state index contributed by atoms with van der Waals surface area (Å²) in [5.41, 5.74) is 1.54. The molecule has 0 atom stereocenters. The van der Waals surface area contributed by atoms with E-state index in [1.807, 2.05) is 0 Å². The minimum absolute atomic E-state index is 0.0572. The molecule has 6 heteroatoms. The van der Waals surface area contributed by atoms with Crippen LogP contribution in [0.2, 0.25) is 5.02 Å². The van der Waals surface area contributed by atoms with Crippen molar-refractivity contribution in [3.63, 3.8) is 0 Å². The maximum atomic E-state index is 13.1. The zero-order valence-electron chi connectivity index (χ0n) is 11.2. The first kappa shape index (κ1) is 14.6. The molecule has 0 amide bonds. The van der Waals surface area contributed by atoms with Gasteiger partial charge >= 0.3 is 0 Å². The molecule has 1 aliphatic carbocycles. The van der Waals surface area contributed by atoms with Crippen LogP contribution in [0.15, 0.2) is 22.9 Å². The fourth-order valence-electron chi connectivity index (χ4n) is 2.41. The molecule has 1 aromatic heterocycles. The first-order valence-corrected chi connectivity index (χ1v) is 7.35. The molecule has 0 radical (unpaired) electrons. The predicted molar refractivity (Wildman–Crippen MR) is 80.4 cm³/mol. The number of benzene rings is 1. The van der Waals surface area contributed by atoms with Gasteiger partial charge in [0.05, 0.1) is 16.6 Å². The molecule has 1 aromatic carbocycles. The summed E-state index contributed by atoms with van der Waals surface area (Å²) in [5.74, 6) is 1.11. The highest BCUT2D eigenvalue weighted by molar-refractivity contribution is 7.81. The van der Waals surface area contributed by atoms with Crippen LogP contribution in [0.3, 0.4) is 0 Å². The maximum Gasteiger partial charge on any atom is 0.265 e. The van der Waals surface area contributed by atoms with Crippen LogP contribution in [0.1, 0.15) is 53.2 Å². The average Bonchev–Trinajstić information content (AvgIpc) is 3.15. The molecule has 1 aliphatic rings. The lowest BCUT2D eigenvalue weighted by molar-refractivity contribution is 0.150. The molecule has 0 N–H and O–H groups in total. The summed E-state index contributed by atoms with van der Waals surface area (Å²) in [6, 6.07) is 3.14. The molecule has 0 unspecified atom stereocenters. The lowest BCUT2D eigenvalue weighted by Gasteiger charge is -2.13. The molecule has 110 valence electrons. The third-order valence-corrected chi connectivity index (χ3v) is 4.48. The molecule has 1 heterocycles. The van der Waals surface area contributed by atoms with E-state index in [1.54, 1.807) is 19.2 Å². The second-order valence-corrected chi connectivity index (χ2v) is 5.96. The van der Waals surface area contributed by atoms with Crippen LogP contribution in [0, 0.1) is 6.92 Å². The summed E-state index contributed by atoms with van der Waals surface area (Å²) in [6.07, 6.45) is 1.02. The minimum Gasteiger partial charge on any atom is -0.360 e.